The third-order valence-electron chi connectivity index (χ3n) is 2.97. The van der Waals surface area contributed by atoms with Crippen LogP contribution in [0, 0.1) is 17.0 Å². The SMILES string of the molecule is Cc1c(CNc2cc(N)cc([N+](=O)[O-])c2)cnn1C. The van der Waals surface area contributed by atoms with Crippen LogP contribution in [0.25, 0.3) is 0 Å². The largest absolute Gasteiger partial charge is 0.398 e. The fraction of sp³-hybridized carbons (Fsp3) is 0.250. The fourth-order valence-corrected chi connectivity index (χ4v) is 1.76. The lowest BCUT2D eigenvalue weighted by atomic mass is 10.2. The zero-order valence-electron chi connectivity index (χ0n) is 10.8. The van der Waals surface area contributed by atoms with E-state index in [0.29, 0.717) is 17.9 Å². The summed E-state index contributed by atoms with van der Waals surface area (Å²) in [6, 6.07) is 4.46. The predicted molar refractivity (Wildman–Crippen MR) is 72.8 cm³/mol. The Hall–Kier alpha value is -2.57. The summed E-state index contributed by atoms with van der Waals surface area (Å²) in [6.07, 6.45) is 1.77. The maximum Gasteiger partial charge on any atom is 0.273 e. The Morgan fingerprint density at radius 1 is 1.47 bits per heavy atom. The number of benzene rings is 1. The van der Waals surface area contributed by atoms with Gasteiger partial charge in [-0.1, -0.05) is 0 Å². The monoisotopic (exact) mass is 261 g/mol. The number of hydrogen-bond acceptors (Lipinski definition) is 5. The Morgan fingerprint density at radius 2 is 2.21 bits per heavy atom. The molecule has 1 aromatic carbocycles. The molecule has 0 spiro atoms. The number of rotatable bonds is 4. The molecule has 7 nitrogen and oxygen atoms in total. The summed E-state index contributed by atoms with van der Waals surface area (Å²) >= 11 is 0. The normalized spacial score (nSPS) is 10.4. The summed E-state index contributed by atoms with van der Waals surface area (Å²) in [6.45, 7) is 2.51. The molecule has 1 aromatic heterocycles. The van der Waals surface area contributed by atoms with Crippen molar-refractivity contribution >= 4 is 17.1 Å². The standard InChI is InChI=1S/C12H15N5O2/c1-8-9(7-15-16(8)2)6-14-11-3-10(13)4-12(5-11)17(18)19/h3-5,7,14H,6,13H2,1-2H3. The van der Waals surface area contributed by atoms with Crippen molar-refractivity contribution in [3.05, 3.63) is 45.8 Å². The highest BCUT2D eigenvalue weighted by molar-refractivity contribution is 5.61. The van der Waals surface area contributed by atoms with Gasteiger partial charge < -0.3 is 11.1 Å². The third kappa shape index (κ3) is 2.82. The molecule has 0 aliphatic heterocycles. The molecule has 0 aliphatic rings. The fourth-order valence-electron chi connectivity index (χ4n) is 1.76. The molecule has 0 saturated carbocycles. The lowest BCUT2D eigenvalue weighted by Gasteiger charge is -2.07. The summed E-state index contributed by atoms with van der Waals surface area (Å²) in [7, 11) is 1.87. The van der Waals surface area contributed by atoms with Gasteiger partial charge >= 0.3 is 0 Å². The molecule has 100 valence electrons. The van der Waals surface area contributed by atoms with Gasteiger partial charge in [0.25, 0.3) is 5.69 Å². The number of non-ortho nitro benzene ring substituents is 1. The molecular weight excluding hydrogens is 246 g/mol. The van der Waals surface area contributed by atoms with Gasteiger partial charge in [-0.2, -0.15) is 5.10 Å². The Bertz CT molecular complexity index is 621. The average molecular weight is 261 g/mol. The minimum absolute atomic E-state index is 0.0228. The van der Waals surface area contributed by atoms with E-state index in [1.54, 1.807) is 16.9 Å². The van der Waals surface area contributed by atoms with E-state index >= 15 is 0 Å². The zero-order chi connectivity index (χ0) is 14.0. The minimum Gasteiger partial charge on any atom is -0.398 e. The molecule has 0 radical (unpaired) electrons. The van der Waals surface area contributed by atoms with Gasteiger partial charge in [0.2, 0.25) is 0 Å². The number of nitrogens with zero attached hydrogens (tertiary/aromatic N) is 3. The van der Waals surface area contributed by atoms with E-state index in [9.17, 15) is 10.1 Å². The van der Waals surface area contributed by atoms with Crippen molar-refractivity contribution in [3.8, 4) is 0 Å². The number of nitro groups is 1. The molecule has 0 unspecified atom stereocenters. The molecule has 0 atom stereocenters. The maximum absolute atomic E-state index is 10.7. The lowest BCUT2D eigenvalue weighted by molar-refractivity contribution is -0.384. The van der Waals surface area contributed by atoms with Gasteiger partial charge in [-0.15, -0.1) is 0 Å². The van der Waals surface area contributed by atoms with Gasteiger partial charge in [-0.25, -0.2) is 0 Å². The van der Waals surface area contributed by atoms with E-state index < -0.39 is 4.92 Å². The molecule has 0 aliphatic carbocycles. The van der Waals surface area contributed by atoms with Crippen LogP contribution in [0.5, 0.6) is 0 Å². The Kier molecular flexibility index (Phi) is 3.37. The van der Waals surface area contributed by atoms with Gasteiger partial charge in [0.15, 0.2) is 0 Å². The number of anilines is 2. The first kappa shape index (κ1) is 12.9. The number of nitrogens with one attached hydrogen (secondary N) is 1. The smallest absolute Gasteiger partial charge is 0.273 e. The zero-order valence-corrected chi connectivity index (χ0v) is 10.8. The molecule has 3 N–H and O–H groups in total. The van der Waals surface area contributed by atoms with Crippen molar-refractivity contribution in [1.82, 2.24) is 9.78 Å². The molecule has 1 heterocycles. The van der Waals surface area contributed by atoms with Crippen LogP contribution in [-0.2, 0) is 13.6 Å². The topological polar surface area (TPSA) is 99.0 Å². The molecule has 7 heteroatoms. The van der Waals surface area contributed by atoms with E-state index in [2.05, 4.69) is 10.4 Å². The van der Waals surface area contributed by atoms with Crippen molar-refractivity contribution in [1.29, 1.82) is 0 Å². The van der Waals surface area contributed by atoms with Crippen LogP contribution in [0.2, 0.25) is 0 Å². The molecule has 2 rings (SSSR count). The van der Waals surface area contributed by atoms with Crippen LogP contribution in [0.1, 0.15) is 11.3 Å². The Morgan fingerprint density at radius 3 is 2.79 bits per heavy atom. The van der Waals surface area contributed by atoms with Gasteiger partial charge in [-0.3, -0.25) is 14.8 Å². The van der Waals surface area contributed by atoms with Crippen LogP contribution in [0.3, 0.4) is 0 Å². The van der Waals surface area contributed by atoms with Gasteiger partial charge in [0.05, 0.1) is 11.1 Å². The summed E-state index contributed by atoms with van der Waals surface area (Å²) in [5, 5.41) is 18.0. The molecular formula is C12H15N5O2. The van der Waals surface area contributed by atoms with Crippen molar-refractivity contribution in [2.45, 2.75) is 13.5 Å². The third-order valence-corrected chi connectivity index (χ3v) is 2.97. The summed E-state index contributed by atoms with van der Waals surface area (Å²) < 4.78 is 1.78. The van der Waals surface area contributed by atoms with Crippen molar-refractivity contribution in [2.75, 3.05) is 11.1 Å². The van der Waals surface area contributed by atoms with Crippen LogP contribution in [0.15, 0.2) is 24.4 Å². The average Bonchev–Trinajstić information content (AvgIpc) is 2.67. The van der Waals surface area contributed by atoms with E-state index in [4.69, 9.17) is 5.73 Å². The van der Waals surface area contributed by atoms with E-state index in [-0.39, 0.29) is 5.69 Å². The number of aromatic nitrogens is 2. The molecule has 0 bridgehead atoms. The number of aryl methyl sites for hydroxylation is 1. The summed E-state index contributed by atoms with van der Waals surface area (Å²) in [5.41, 5.74) is 8.68. The Balaban J connectivity index is 2.15. The predicted octanol–water partition coefficient (Wildman–Crippen LogP) is 1.83. The Labute approximate surface area is 110 Å². The maximum atomic E-state index is 10.7. The number of nitro benzene ring substituents is 1. The van der Waals surface area contributed by atoms with Gasteiger partial charge in [0, 0.05) is 48.4 Å². The molecule has 2 aromatic rings. The molecule has 0 saturated heterocycles. The first-order valence-corrected chi connectivity index (χ1v) is 5.73. The molecule has 0 fully saturated rings. The summed E-state index contributed by atoms with van der Waals surface area (Å²) in [4.78, 5) is 10.3. The van der Waals surface area contributed by atoms with Crippen LogP contribution in [-0.4, -0.2) is 14.7 Å². The van der Waals surface area contributed by atoms with E-state index in [1.807, 2.05) is 14.0 Å². The van der Waals surface area contributed by atoms with Crippen molar-refractivity contribution in [3.63, 3.8) is 0 Å². The highest BCUT2D eigenvalue weighted by atomic mass is 16.6. The first-order valence-electron chi connectivity index (χ1n) is 5.73. The second-order valence-corrected chi connectivity index (χ2v) is 4.30. The second kappa shape index (κ2) is 4.97. The molecule has 0 amide bonds. The minimum atomic E-state index is -0.461. The van der Waals surface area contributed by atoms with Crippen LogP contribution >= 0.6 is 0 Å². The summed E-state index contributed by atoms with van der Waals surface area (Å²) in [5.74, 6) is 0. The second-order valence-electron chi connectivity index (χ2n) is 4.30. The highest BCUT2D eigenvalue weighted by Gasteiger charge is 2.09. The van der Waals surface area contributed by atoms with Crippen molar-refractivity contribution < 1.29 is 4.92 Å². The number of hydrogen-bond donors (Lipinski definition) is 2. The van der Waals surface area contributed by atoms with E-state index in [1.165, 1.54) is 12.1 Å². The number of nitrogens with two attached hydrogens (primary N) is 1. The quantitative estimate of drug-likeness (QED) is 0.497. The van der Waals surface area contributed by atoms with E-state index in [0.717, 1.165) is 11.3 Å². The molecule has 19 heavy (non-hydrogen) atoms. The van der Waals surface area contributed by atoms with Gasteiger partial charge in [-0.05, 0) is 13.0 Å². The highest BCUT2D eigenvalue weighted by Crippen LogP contribution is 2.23. The lowest BCUT2D eigenvalue weighted by Crippen LogP contribution is -2.02. The van der Waals surface area contributed by atoms with Crippen LogP contribution < -0.4 is 11.1 Å². The van der Waals surface area contributed by atoms with Crippen LogP contribution in [0.4, 0.5) is 17.1 Å². The van der Waals surface area contributed by atoms with Crippen molar-refractivity contribution in [2.24, 2.45) is 7.05 Å². The van der Waals surface area contributed by atoms with Gasteiger partial charge in [0.1, 0.15) is 0 Å². The first-order chi connectivity index (χ1) is 8.97. The number of nitrogen functional groups attached to an aromatic ring is 1.